The fourth-order valence-corrected chi connectivity index (χ4v) is 0.709. The number of anilines is 2. The van der Waals surface area contributed by atoms with E-state index in [0.29, 0.717) is 23.9 Å². The van der Waals surface area contributed by atoms with Crippen molar-refractivity contribution in [3.05, 3.63) is 11.9 Å². The Kier molecular flexibility index (Phi) is 1.93. The van der Waals surface area contributed by atoms with Gasteiger partial charge in [0.2, 0.25) is 0 Å². The van der Waals surface area contributed by atoms with Crippen molar-refractivity contribution < 1.29 is 0 Å². The van der Waals surface area contributed by atoms with Gasteiger partial charge >= 0.3 is 0 Å². The van der Waals surface area contributed by atoms with Gasteiger partial charge in [-0.05, 0) is 0 Å². The molecule has 0 aromatic carbocycles. The van der Waals surface area contributed by atoms with E-state index >= 15 is 0 Å². The number of aromatic nitrogens is 2. The summed E-state index contributed by atoms with van der Waals surface area (Å²) in [5.74, 6) is 3.59. The Labute approximate surface area is 64.6 Å². The first-order valence-corrected chi connectivity index (χ1v) is 3.04. The molecule has 0 saturated carbocycles. The van der Waals surface area contributed by atoms with E-state index < -0.39 is 0 Å². The maximum atomic E-state index is 5.39. The number of hydrogen-bond acceptors (Lipinski definition) is 4. The molecule has 1 aromatic rings. The first-order valence-electron chi connectivity index (χ1n) is 3.04. The van der Waals surface area contributed by atoms with E-state index in [4.69, 9.17) is 17.9 Å². The highest BCUT2D eigenvalue weighted by atomic mass is 15.0. The van der Waals surface area contributed by atoms with Gasteiger partial charge in [0.15, 0.2) is 0 Å². The normalized spacial score (nSPS) is 9.00. The van der Waals surface area contributed by atoms with Gasteiger partial charge in [0.25, 0.3) is 0 Å². The zero-order valence-corrected chi connectivity index (χ0v) is 5.91. The van der Waals surface area contributed by atoms with Crippen molar-refractivity contribution in [1.29, 1.82) is 0 Å². The summed E-state index contributed by atoms with van der Waals surface area (Å²) in [6.07, 6.45) is 5.41. The molecule has 0 bridgehead atoms. The zero-order chi connectivity index (χ0) is 8.27. The van der Waals surface area contributed by atoms with E-state index in [1.165, 1.54) is 6.07 Å². The number of nitrogen functional groups attached to an aromatic ring is 2. The molecule has 56 valence electrons. The molecule has 0 radical (unpaired) electrons. The molecule has 0 aliphatic heterocycles. The zero-order valence-electron chi connectivity index (χ0n) is 5.91. The fraction of sp³-hybridized carbons (Fsp3) is 0.143. The van der Waals surface area contributed by atoms with Gasteiger partial charge in [-0.25, -0.2) is 9.97 Å². The quantitative estimate of drug-likeness (QED) is 0.541. The Morgan fingerprint density at radius 3 is 2.36 bits per heavy atom. The molecule has 0 atom stereocenters. The van der Waals surface area contributed by atoms with Gasteiger partial charge in [0.05, 0.1) is 6.42 Å². The predicted molar refractivity (Wildman–Crippen MR) is 43.4 cm³/mol. The standard InChI is InChI=1S/C7H8N4/c1-2-3-7-10-5(8)4-6(9)11-7/h1,4H,3H2,(H4,8,9,10,11). The van der Waals surface area contributed by atoms with Crippen molar-refractivity contribution in [2.24, 2.45) is 0 Å². The second-order valence-electron chi connectivity index (χ2n) is 2.01. The van der Waals surface area contributed by atoms with Crippen LogP contribution in [-0.2, 0) is 6.42 Å². The number of nitrogens with zero attached hydrogens (tertiary/aromatic N) is 2. The molecular formula is C7H8N4. The van der Waals surface area contributed by atoms with Gasteiger partial charge in [0, 0.05) is 6.07 Å². The number of rotatable bonds is 1. The Bertz CT molecular complexity index is 280. The summed E-state index contributed by atoms with van der Waals surface area (Å²) in [6, 6.07) is 1.49. The van der Waals surface area contributed by atoms with Crippen LogP contribution in [0.4, 0.5) is 11.6 Å². The van der Waals surface area contributed by atoms with Gasteiger partial charge in [-0.3, -0.25) is 0 Å². The van der Waals surface area contributed by atoms with Crippen molar-refractivity contribution in [2.75, 3.05) is 11.5 Å². The van der Waals surface area contributed by atoms with Gasteiger partial charge in [-0.1, -0.05) is 5.92 Å². The van der Waals surface area contributed by atoms with Crippen LogP contribution < -0.4 is 11.5 Å². The SMILES string of the molecule is C#CCc1nc(N)cc(N)n1. The van der Waals surface area contributed by atoms with E-state index in [9.17, 15) is 0 Å². The molecule has 1 heterocycles. The highest BCUT2D eigenvalue weighted by Gasteiger charge is 1.96. The Morgan fingerprint density at radius 2 is 1.91 bits per heavy atom. The Hall–Kier alpha value is -1.76. The summed E-state index contributed by atoms with van der Waals surface area (Å²) < 4.78 is 0. The minimum Gasteiger partial charge on any atom is -0.384 e. The van der Waals surface area contributed by atoms with Crippen LogP contribution in [0.3, 0.4) is 0 Å². The smallest absolute Gasteiger partial charge is 0.144 e. The average Bonchev–Trinajstić information content (AvgIpc) is 1.85. The molecule has 0 fully saturated rings. The number of hydrogen-bond donors (Lipinski definition) is 2. The molecular weight excluding hydrogens is 140 g/mol. The number of nitrogens with two attached hydrogens (primary N) is 2. The molecule has 4 nitrogen and oxygen atoms in total. The summed E-state index contributed by atoms with van der Waals surface area (Å²) in [6.45, 7) is 0. The van der Waals surface area contributed by atoms with Crippen molar-refractivity contribution in [3.8, 4) is 12.3 Å². The van der Waals surface area contributed by atoms with Crippen LogP contribution in [0.25, 0.3) is 0 Å². The van der Waals surface area contributed by atoms with Crippen LogP contribution >= 0.6 is 0 Å². The van der Waals surface area contributed by atoms with E-state index in [0.717, 1.165) is 0 Å². The number of terminal acetylenes is 1. The molecule has 4 heteroatoms. The largest absolute Gasteiger partial charge is 0.384 e. The van der Waals surface area contributed by atoms with Crippen molar-refractivity contribution in [1.82, 2.24) is 9.97 Å². The van der Waals surface area contributed by atoms with Gasteiger partial charge in [-0.15, -0.1) is 6.42 Å². The summed E-state index contributed by atoms with van der Waals surface area (Å²) >= 11 is 0. The highest BCUT2D eigenvalue weighted by molar-refractivity contribution is 5.41. The molecule has 4 N–H and O–H groups in total. The topological polar surface area (TPSA) is 77.8 Å². The third-order valence-electron chi connectivity index (χ3n) is 1.07. The van der Waals surface area contributed by atoms with Gasteiger partial charge < -0.3 is 11.5 Å². The van der Waals surface area contributed by atoms with Crippen LogP contribution in [-0.4, -0.2) is 9.97 Å². The average molecular weight is 148 g/mol. The van der Waals surface area contributed by atoms with E-state index in [1.807, 2.05) is 0 Å². The summed E-state index contributed by atoms with van der Waals surface area (Å²) in [5, 5.41) is 0. The van der Waals surface area contributed by atoms with Crippen LogP contribution in [0.5, 0.6) is 0 Å². The van der Waals surface area contributed by atoms with E-state index in [1.54, 1.807) is 0 Å². The first kappa shape index (κ1) is 7.35. The molecule has 0 aliphatic rings. The third-order valence-corrected chi connectivity index (χ3v) is 1.07. The first-order chi connectivity index (χ1) is 5.22. The van der Waals surface area contributed by atoms with Crippen LogP contribution in [0.2, 0.25) is 0 Å². The molecule has 0 aliphatic carbocycles. The Morgan fingerprint density at radius 1 is 1.36 bits per heavy atom. The van der Waals surface area contributed by atoms with Crippen LogP contribution in [0, 0.1) is 12.3 Å². The predicted octanol–water partition coefficient (Wildman–Crippen LogP) is -0.183. The third kappa shape index (κ3) is 1.83. The monoisotopic (exact) mass is 148 g/mol. The minimum atomic E-state index is 0.350. The van der Waals surface area contributed by atoms with E-state index in [2.05, 4.69) is 15.9 Å². The molecule has 11 heavy (non-hydrogen) atoms. The fourth-order valence-electron chi connectivity index (χ4n) is 0.709. The maximum absolute atomic E-state index is 5.39. The molecule has 1 rings (SSSR count). The molecule has 0 amide bonds. The van der Waals surface area contributed by atoms with Crippen LogP contribution in [0.1, 0.15) is 5.82 Å². The summed E-state index contributed by atoms with van der Waals surface area (Å²) in [7, 11) is 0. The minimum absolute atomic E-state index is 0.350. The molecule has 1 aromatic heterocycles. The lowest BCUT2D eigenvalue weighted by molar-refractivity contribution is 1.02. The summed E-state index contributed by atoms with van der Waals surface area (Å²) in [4.78, 5) is 7.74. The second-order valence-corrected chi connectivity index (χ2v) is 2.01. The second kappa shape index (κ2) is 2.88. The highest BCUT2D eigenvalue weighted by Crippen LogP contribution is 2.03. The molecule has 0 saturated heterocycles. The van der Waals surface area contributed by atoms with Crippen molar-refractivity contribution in [3.63, 3.8) is 0 Å². The van der Waals surface area contributed by atoms with Crippen molar-refractivity contribution >= 4 is 11.6 Å². The molecule has 0 spiro atoms. The summed E-state index contributed by atoms with van der Waals surface area (Å²) in [5.41, 5.74) is 10.8. The van der Waals surface area contributed by atoms with Gasteiger partial charge in [-0.2, -0.15) is 0 Å². The lowest BCUT2D eigenvalue weighted by atomic mass is 10.4. The van der Waals surface area contributed by atoms with Crippen molar-refractivity contribution in [2.45, 2.75) is 6.42 Å². The molecule has 0 unspecified atom stereocenters. The maximum Gasteiger partial charge on any atom is 0.144 e. The van der Waals surface area contributed by atoms with E-state index in [-0.39, 0.29) is 0 Å². The Balaban J connectivity index is 3.01. The lowest BCUT2D eigenvalue weighted by Crippen LogP contribution is -2.02. The van der Waals surface area contributed by atoms with Crippen LogP contribution in [0.15, 0.2) is 6.07 Å². The lowest BCUT2D eigenvalue weighted by Gasteiger charge is -1.97. The van der Waals surface area contributed by atoms with Gasteiger partial charge in [0.1, 0.15) is 17.5 Å².